The third-order valence-corrected chi connectivity index (χ3v) is 11.8. The molecule has 1 saturated heterocycles. The summed E-state index contributed by atoms with van der Waals surface area (Å²) in [6.45, 7) is 2.15. The summed E-state index contributed by atoms with van der Waals surface area (Å²) in [5.41, 5.74) is 5.40. The molecule has 47 heavy (non-hydrogen) atoms. The predicted molar refractivity (Wildman–Crippen MR) is 184 cm³/mol. The van der Waals surface area contributed by atoms with Gasteiger partial charge in [-0.2, -0.15) is 4.31 Å². The van der Waals surface area contributed by atoms with Crippen molar-refractivity contribution >= 4 is 15.7 Å². The molecule has 3 unspecified atom stereocenters. The van der Waals surface area contributed by atoms with Crippen molar-refractivity contribution in [1.82, 2.24) is 9.21 Å². The smallest absolute Gasteiger partial charge is 0.243 e. The second-order valence-electron chi connectivity index (χ2n) is 12.3. The number of sulfonamides is 1. The number of hydrogen-bond acceptors (Lipinski definition) is 7. The molecule has 0 bridgehead atoms. The third-order valence-electron chi connectivity index (χ3n) is 9.89. The number of ether oxygens (including phenoxy) is 3. The second-order valence-corrected chi connectivity index (χ2v) is 14.3. The van der Waals surface area contributed by atoms with E-state index < -0.39 is 10.0 Å². The van der Waals surface area contributed by atoms with E-state index in [9.17, 15) is 8.42 Å². The van der Waals surface area contributed by atoms with E-state index >= 15 is 0 Å². The quantitative estimate of drug-likeness (QED) is 0.204. The van der Waals surface area contributed by atoms with Crippen LogP contribution in [0.25, 0.3) is 0 Å². The first-order valence-corrected chi connectivity index (χ1v) is 17.6. The fourth-order valence-electron chi connectivity index (χ4n) is 7.58. The van der Waals surface area contributed by atoms with Crippen molar-refractivity contribution in [2.75, 3.05) is 52.8 Å². The first kappa shape index (κ1) is 31.3. The maximum atomic E-state index is 14.1. The Morgan fingerprint density at radius 1 is 0.766 bits per heavy atom. The van der Waals surface area contributed by atoms with Crippen LogP contribution in [0.4, 0.5) is 5.69 Å². The van der Waals surface area contributed by atoms with Gasteiger partial charge in [0.1, 0.15) is 0 Å². The topological polar surface area (TPSA) is 80.3 Å². The summed E-state index contributed by atoms with van der Waals surface area (Å²) < 4.78 is 46.7. The Hall–Kier alpha value is -4.31. The Morgan fingerprint density at radius 3 is 1.96 bits per heavy atom. The molecule has 9 heteroatoms. The summed E-state index contributed by atoms with van der Waals surface area (Å²) in [5.74, 6) is 2.07. The van der Waals surface area contributed by atoms with Gasteiger partial charge in [0.25, 0.3) is 0 Å². The summed E-state index contributed by atoms with van der Waals surface area (Å²) in [6.07, 6.45) is 5.30. The van der Waals surface area contributed by atoms with Crippen LogP contribution in [-0.2, 0) is 10.0 Å². The van der Waals surface area contributed by atoms with Gasteiger partial charge in [-0.25, -0.2) is 8.42 Å². The van der Waals surface area contributed by atoms with Crippen molar-refractivity contribution in [3.8, 4) is 17.2 Å². The molecule has 0 amide bonds. The molecule has 0 radical (unpaired) electrons. The maximum absolute atomic E-state index is 14.1. The van der Waals surface area contributed by atoms with Crippen LogP contribution in [0.1, 0.15) is 46.7 Å². The molecule has 0 spiro atoms. The molecule has 0 aromatic heterocycles. The monoisotopic (exact) mass is 651 g/mol. The van der Waals surface area contributed by atoms with Gasteiger partial charge >= 0.3 is 0 Å². The van der Waals surface area contributed by atoms with E-state index in [1.54, 1.807) is 31.7 Å². The summed E-state index contributed by atoms with van der Waals surface area (Å²) in [5, 5.41) is 3.73. The van der Waals surface area contributed by atoms with Gasteiger partial charge in [0, 0.05) is 37.8 Å². The Morgan fingerprint density at radius 2 is 1.38 bits per heavy atom. The molecular weight excluding hydrogens is 611 g/mol. The average molecular weight is 652 g/mol. The van der Waals surface area contributed by atoms with Crippen LogP contribution in [-0.4, -0.2) is 65.1 Å². The number of rotatable bonds is 9. The van der Waals surface area contributed by atoms with E-state index in [1.807, 2.05) is 36.4 Å². The molecule has 3 atom stereocenters. The van der Waals surface area contributed by atoms with Crippen molar-refractivity contribution in [1.29, 1.82) is 0 Å². The standard InChI is InChI=1S/C38H41N3O5S/c1-44-34-23-28(24-35(45-2)38(34)46-3)36-31-16-10-15-30(31)32-25-29(17-18-33(32)39-36)47(42,43)41-21-19-40(20-22-41)37(26-11-6-4-7-12-26)27-13-8-5-9-14-27/h4-15,17-18,23-25,30-31,36-37,39H,16,19-22H2,1-3H3. The molecule has 0 saturated carbocycles. The Bertz CT molecular complexity index is 1790. The van der Waals surface area contributed by atoms with E-state index in [0.717, 1.165) is 23.2 Å². The van der Waals surface area contributed by atoms with Crippen LogP contribution < -0.4 is 19.5 Å². The van der Waals surface area contributed by atoms with E-state index in [4.69, 9.17) is 14.2 Å². The van der Waals surface area contributed by atoms with E-state index in [0.29, 0.717) is 48.3 Å². The zero-order chi connectivity index (χ0) is 32.5. The first-order chi connectivity index (χ1) is 22.9. The van der Waals surface area contributed by atoms with Crippen LogP contribution >= 0.6 is 0 Å². The molecule has 1 aliphatic carbocycles. The van der Waals surface area contributed by atoms with Gasteiger partial charge in [0.15, 0.2) is 11.5 Å². The lowest BCUT2D eigenvalue weighted by molar-refractivity contribution is 0.156. The summed E-state index contributed by atoms with van der Waals surface area (Å²) in [6, 6.07) is 30.5. The largest absolute Gasteiger partial charge is 0.493 e. The van der Waals surface area contributed by atoms with Crippen LogP contribution in [0, 0.1) is 5.92 Å². The highest BCUT2D eigenvalue weighted by Crippen LogP contribution is 2.52. The van der Waals surface area contributed by atoms with Crippen LogP contribution in [0.3, 0.4) is 0 Å². The zero-order valence-electron chi connectivity index (χ0n) is 27.0. The number of benzene rings is 4. The number of allylic oxidation sites excluding steroid dienone is 2. The second kappa shape index (κ2) is 13.1. The average Bonchev–Trinajstić information content (AvgIpc) is 3.62. The number of nitrogens with zero attached hydrogens (tertiary/aromatic N) is 2. The minimum atomic E-state index is -3.69. The highest BCUT2D eigenvalue weighted by atomic mass is 32.2. The minimum Gasteiger partial charge on any atom is -0.493 e. The lowest BCUT2D eigenvalue weighted by Crippen LogP contribution is -2.49. The molecule has 2 heterocycles. The third kappa shape index (κ3) is 5.77. The molecule has 4 aromatic rings. The van der Waals surface area contributed by atoms with Crippen molar-refractivity contribution in [3.63, 3.8) is 0 Å². The molecule has 7 rings (SSSR count). The Balaban J connectivity index is 1.13. The van der Waals surface area contributed by atoms with Crippen LogP contribution in [0.2, 0.25) is 0 Å². The van der Waals surface area contributed by atoms with Gasteiger partial charge in [-0.3, -0.25) is 4.90 Å². The molecule has 244 valence electrons. The van der Waals surface area contributed by atoms with E-state index in [1.165, 1.54) is 11.1 Å². The molecule has 2 aliphatic heterocycles. The number of hydrogen-bond donors (Lipinski definition) is 1. The van der Waals surface area contributed by atoms with Gasteiger partial charge in [-0.05, 0) is 64.9 Å². The fourth-order valence-corrected chi connectivity index (χ4v) is 9.04. The van der Waals surface area contributed by atoms with Gasteiger partial charge < -0.3 is 19.5 Å². The highest BCUT2D eigenvalue weighted by Gasteiger charge is 2.40. The van der Waals surface area contributed by atoms with Crippen molar-refractivity contribution in [2.45, 2.75) is 29.3 Å². The molecule has 1 N–H and O–H groups in total. The molecule has 8 nitrogen and oxygen atoms in total. The fraction of sp³-hybridized carbons (Fsp3) is 0.316. The first-order valence-electron chi connectivity index (χ1n) is 16.1. The number of piperazine rings is 1. The van der Waals surface area contributed by atoms with Gasteiger partial charge in [0.2, 0.25) is 15.8 Å². The van der Waals surface area contributed by atoms with E-state index in [2.05, 4.69) is 70.9 Å². The number of anilines is 1. The number of fused-ring (bicyclic) bond motifs is 3. The summed E-state index contributed by atoms with van der Waals surface area (Å²) in [4.78, 5) is 2.74. The zero-order valence-corrected chi connectivity index (χ0v) is 27.8. The lowest BCUT2D eigenvalue weighted by atomic mass is 9.77. The van der Waals surface area contributed by atoms with Gasteiger partial charge in [0.05, 0.1) is 38.3 Å². The minimum absolute atomic E-state index is 0.0195. The molecule has 3 aliphatic rings. The molecular formula is C38H41N3O5S. The molecule has 1 fully saturated rings. The van der Waals surface area contributed by atoms with Crippen molar-refractivity contribution in [3.05, 3.63) is 125 Å². The van der Waals surface area contributed by atoms with E-state index in [-0.39, 0.29) is 23.9 Å². The number of nitrogens with one attached hydrogen (secondary N) is 1. The maximum Gasteiger partial charge on any atom is 0.243 e. The van der Waals surface area contributed by atoms with Crippen LogP contribution in [0.5, 0.6) is 17.2 Å². The lowest BCUT2D eigenvalue weighted by Gasteiger charge is -2.40. The van der Waals surface area contributed by atoms with Crippen molar-refractivity contribution in [2.24, 2.45) is 5.92 Å². The summed E-state index contributed by atoms with van der Waals surface area (Å²) in [7, 11) is 1.16. The van der Waals surface area contributed by atoms with Gasteiger partial charge in [-0.15, -0.1) is 0 Å². The normalized spacial score (nSPS) is 21.1. The number of methoxy groups -OCH3 is 3. The van der Waals surface area contributed by atoms with Crippen LogP contribution in [0.15, 0.2) is 108 Å². The molecule has 4 aromatic carbocycles. The summed E-state index contributed by atoms with van der Waals surface area (Å²) >= 11 is 0. The highest BCUT2D eigenvalue weighted by molar-refractivity contribution is 7.89. The Kier molecular flexibility index (Phi) is 8.70. The van der Waals surface area contributed by atoms with Gasteiger partial charge in [-0.1, -0.05) is 72.8 Å². The van der Waals surface area contributed by atoms with Crippen molar-refractivity contribution < 1.29 is 22.6 Å². The predicted octanol–water partition coefficient (Wildman–Crippen LogP) is 6.63. The SMILES string of the molecule is COc1cc(C2Nc3ccc(S(=O)(=O)N4CCN(C(c5ccccc5)c5ccccc5)CC4)cc3C3C=CCC32)cc(OC)c1OC. The Labute approximate surface area is 277 Å².